The van der Waals surface area contributed by atoms with Crippen LogP contribution < -0.4 is 5.19 Å². The van der Waals surface area contributed by atoms with Crippen molar-refractivity contribution in [2.75, 3.05) is 0 Å². The first-order valence-corrected chi connectivity index (χ1v) is 12.3. The van der Waals surface area contributed by atoms with Gasteiger partial charge in [0.2, 0.25) is 0 Å². The number of aromatic nitrogens is 2. The molecular formula is C28H30N2Si. The van der Waals surface area contributed by atoms with E-state index in [-0.39, 0.29) is 5.16 Å². The van der Waals surface area contributed by atoms with E-state index in [1.807, 2.05) is 12.5 Å². The lowest BCUT2D eigenvalue weighted by Gasteiger charge is -2.36. The second kappa shape index (κ2) is 10.4. The molecule has 0 aliphatic heterocycles. The summed E-state index contributed by atoms with van der Waals surface area (Å²) in [5, 5.41) is 1.06. The van der Waals surface area contributed by atoms with Crippen LogP contribution in [0.3, 0.4) is 0 Å². The fraction of sp³-hybridized carbons (Fsp3) is 0.250. The Balaban J connectivity index is 1.76. The van der Waals surface area contributed by atoms with Crippen LogP contribution in [-0.2, 0) is 11.6 Å². The van der Waals surface area contributed by atoms with Crippen molar-refractivity contribution >= 4 is 14.7 Å². The maximum atomic E-state index is 4.42. The molecule has 4 rings (SSSR count). The van der Waals surface area contributed by atoms with Crippen molar-refractivity contribution in [3.05, 3.63) is 120 Å². The molecular weight excluding hydrogens is 392 g/mol. The molecule has 0 bridgehead atoms. The molecule has 2 radical (unpaired) electrons. The van der Waals surface area contributed by atoms with Gasteiger partial charge in [-0.2, -0.15) is 0 Å². The van der Waals surface area contributed by atoms with E-state index < -0.39 is 0 Å². The standard InChI is InChI=1S/C28H30N2Si/c1-2-3-4-7-13-24-14-12-19-27(22-24)31-28(30-21-20-29-23-30,25-15-8-5-9-16-25)26-17-10-6-11-18-26/h5-6,8-12,14-23H,2-4,7,13H2,1H3. The van der Waals surface area contributed by atoms with Gasteiger partial charge in [0, 0.05) is 12.4 Å². The summed E-state index contributed by atoms with van der Waals surface area (Å²) in [5.74, 6) is 0. The van der Waals surface area contributed by atoms with Crippen LogP contribution in [0.5, 0.6) is 0 Å². The molecule has 0 aliphatic rings. The smallest absolute Gasteiger partial charge is 0.127 e. The van der Waals surface area contributed by atoms with Gasteiger partial charge in [0.05, 0.1) is 11.5 Å². The van der Waals surface area contributed by atoms with E-state index in [1.165, 1.54) is 47.6 Å². The van der Waals surface area contributed by atoms with Gasteiger partial charge in [0.15, 0.2) is 0 Å². The van der Waals surface area contributed by atoms with Crippen molar-refractivity contribution in [3.63, 3.8) is 0 Å². The summed E-state index contributed by atoms with van der Waals surface area (Å²) in [7, 11) is 0.540. The van der Waals surface area contributed by atoms with Crippen LogP contribution in [0.2, 0.25) is 0 Å². The minimum Gasteiger partial charge on any atom is -0.326 e. The molecule has 0 unspecified atom stereocenters. The lowest BCUT2D eigenvalue weighted by molar-refractivity contribution is 0.596. The molecule has 1 heterocycles. The third-order valence-corrected chi connectivity index (χ3v) is 7.64. The van der Waals surface area contributed by atoms with Gasteiger partial charge >= 0.3 is 0 Å². The van der Waals surface area contributed by atoms with Crippen molar-refractivity contribution < 1.29 is 0 Å². The summed E-state index contributed by atoms with van der Waals surface area (Å²) < 4.78 is 2.28. The van der Waals surface area contributed by atoms with E-state index >= 15 is 0 Å². The molecule has 3 heteroatoms. The summed E-state index contributed by atoms with van der Waals surface area (Å²) >= 11 is 0. The highest BCUT2D eigenvalue weighted by atomic mass is 28.2. The molecule has 3 aromatic carbocycles. The zero-order valence-electron chi connectivity index (χ0n) is 18.2. The number of hydrogen-bond donors (Lipinski definition) is 0. The first-order chi connectivity index (χ1) is 15.3. The van der Waals surface area contributed by atoms with E-state index in [0.29, 0.717) is 9.52 Å². The predicted octanol–water partition coefficient (Wildman–Crippen LogP) is 5.79. The SMILES string of the molecule is CCCCCCc1cccc([Si]C(c2ccccc2)(c2ccccc2)n2ccnc2)c1. The van der Waals surface area contributed by atoms with Crippen LogP contribution in [0.4, 0.5) is 0 Å². The molecule has 0 aliphatic carbocycles. The zero-order valence-corrected chi connectivity index (χ0v) is 19.2. The number of aryl methyl sites for hydroxylation is 1. The summed E-state index contributed by atoms with van der Waals surface area (Å²) in [6, 6.07) is 30.9. The molecule has 156 valence electrons. The van der Waals surface area contributed by atoms with Gasteiger partial charge in [-0.1, -0.05) is 116 Å². The molecule has 0 spiro atoms. The van der Waals surface area contributed by atoms with E-state index in [1.54, 1.807) is 0 Å². The normalized spacial score (nSPS) is 11.5. The molecule has 0 fully saturated rings. The van der Waals surface area contributed by atoms with E-state index in [0.717, 1.165) is 6.42 Å². The number of hydrogen-bond acceptors (Lipinski definition) is 1. The average molecular weight is 423 g/mol. The number of nitrogens with zero attached hydrogens (tertiary/aromatic N) is 2. The maximum Gasteiger partial charge on any atom is 0.127 e. The number of unbranched alkanes of at least 4 members (excludes halogenated alkanes) is 3. The summed E-state index contributed by atoms with van der Waals surface area (Å²) in [4.78, 5) is 4.42. The Bertz CT molecular complexity index is 1000. The van der Waals surface area contributed by atoms with Crippen molar-refractivity contribution in [1.29, 1.82) is 0 Å². The van der Waals surface area contributed by atoms with Gasteiger partial charge < -0.3 is 4.57 Å². The molecule has 0 saturated carbocycles. The van der Waals surface area contributed by atoms with Crippen molar-refractivity contribution in [3.8, 4) is 0 Å². The summed E-state index contributed by atoms with van der Waals surface area (Å²) in [6.45, 7) is 2.27. The van der Waals surface area contributed by atoms with Gasteiger partial charge in [0.1, 0.15) is 9.52 Å². The van der Waals surface area contributed by atoms with Gasteiger partial charge in [-0.3, -0.25) is 0 Å². The van der Waals surface area contributed by atoms with E-state index in [2.05, 4.69) is 108 Å². The molecule has 1 aromatic heterocycles. The quantitative estimate of drug-likeness (QED) is 0.234. The van der Waals surface area contributed by atoms with Crippen LogP contribution in [0.1, 0.15) is 49.3 Å². The highest BCUT2D eigenvalue weighted by Crippen LogP contribution is 2.33. The average Bonchev–Trinajstić information content (AvgIpc) is 3.37. The summed E-state index contributed by atoms with van der Waals surface area (Å²) in [6.07, 6.45) is 12.3. The topological polar surface area (TPSA) is 17.8 Å². The first-order valence-electron chi connectivity index (χ1n) is 11.3. The highest BCUT2D eigenvalue weighted by molar-refractivity contribution is 6.57. The molecule has 31 heavy (non-hydrogen) atoms. The molecule has 2 nitrogen and oxygen atoms in total. The second-order valence-corrected chi connectivity index (χ2v) is 9.60. The Kier molecular flexibility index (Phi) is 7.16. The van der Waals surface area contributed by atoms with Crippen LogP contribution >= 0.6 is 0 Å². The fourth-order valence-corrected chi connectivity index (χ4v) is 6.00. The number of imidazole rings is 1. The van der Waals surface area contributed by atoms with Crippen molar-refractivity contribution in [2.45, 2.75) is 44.2 Å². The fourth-order valence-electron chi connectivity index (χ4n) is 4.26. The second-order valence-electron chi connectivity index (χ2n) is 8.05. The Morgan fingerprint density at radius 2 is 1.52 bits per heavy atom. The van der Waals surface area contributed by atoms with Crippen molar-refractivity contribution in [2.24, 2.45) is 0 Å². The van der Waals surface area contributed by atoms with Crippen molar-refractivity contribution in [1.82, 2.24) is 9.55 Å². The van der Waals surface area contributed by atoms with Crippen LogP contribution in [-0.4, -0.2) is 19.1 Å². The monoisotopic (exact) mass is 422 g/mol. The Hall–Kier alpha value is -2.91. The maximum absolute atomic E-state index is 4.42. The zero-order chi connectivity index (χ0) is 21.4. The number of benzene rings is 3. The molecule has 0 N–H and O–H groups in total. The third-order valence-electron chi connectivity index (χ3n) is 5.85. The molecule has 0 amide bonds. The van der Waals surface area contributed by atoms with Crippen LogP contribution in [0.25, 0.3) is 0 Å². The third kappa shape index (κ3) is 4.88. The lowest BCUT2D eigenvalue weighted by atomic mass is 9.97. The first kappa shape index (κ1) is 21.3. The van der Waals surface area contributed by atoms with Gasteiger partial charge in [-0.25, -0.2) is 4.98 Å². The minimum atomic E-state index is -0.320. The molecule has 0 saturated heterocycles. The highest BCUT2D eigenvalue weighted by Gasteiger charge is 2.37. The van der Waals surface area contributed by atoms with E-state index in [4.69, 9.17) is 0 Å². The van der Waals surface area contributed by atoms with Crippen LogP contribution in [0, 0.1) is 0 Å². The van der Waals surface area contributed by atoms with Gasteiger partial charge in [-0.05, 0) is 29.5 Å². The van der Waals surface area contributed by atoms with E-state index in [9.17, 15) is 0 Å². The molecule has 4 aromatic rings. The van der Waals surface area contributed by atoms with Crippen LogP contribution in [0.15, 0.2) is 104 Å². The Morgan fingerprint density at radius 3 is 2.13 bits per heavy atom. The number of rotatable bonds is 10. The lowest BCUT2D eigenvalue weighted by Crippen LogP contribution is -2.46. The Morgan fingerprint density at radius 1 is 0.806 bits per heavy atom. The van der Waals surface area contributed by atoms with Gasteiger partial charge in [0.25, 0.3) is 0 Å². The van der Waals surface area contributed by atoms with Gasteiger partial charge in [-0.15, -0.1) is 0 Å². The predicted molar refractivity (Wildman–Crippen MR) is 131 cm³/mol. The summed E-state index contributed by atoms with van der Waals surface area (Å²) in [5.41, 5.74) is 4.01. The minimum absolute atomic E-state index is 0.320. The molecule has 0 atom stereocenters. The largest absolute Gasteiger partial charge is 0.326 e. The Labute approximate surface area is 188 Å².